The minimum Gasteiger partial charge on any atom is -0.323 e. The highest BCUT2D eigenvalue weighted by atomic mass is 16.2. The van der Waals surface area contributed by atoms with Crippen molar-refractivity contribution >= 4 is 11.9 Å². The summed E-state index contributed by atoms with van der Waals surface area (Å²) in [4.78, 5) is 27.1. The van der Waals surface area contributed by atoms with Gasteiger partial charge in [-0.25, -0.2) is 4.79 Å². The number of imide groups is 1. The monoisotopic (exact) mass is 334 g/mol. The summed E-state index contributed by atoms with van der Waals surface area (Å²) >= 11 is 0. The molecule has 4 rings (SSSR count). The summed E-state index contributed by atoms with van der Waals surface area (Å²) < 4.78 is 0. The van der Waals surface area contributed by atoms with E-state index in [9.17, 15) is 9.59 Å². The summed E-state index contributed by atoms with van der Waals surface area (Å²) in [6, 6.07) is 14.0. The molecule has 0 bridgehead atoms. The van der Waals surface area contributed by atoms with Gasteiger partial charge in [-0.15, -0.1) is 0 Å². The van der Waals surface area contributed by atoms with Crippen molar-refractivity contribution in [1.29, 1.82) is 0 Å². The van der Waals surface area contributed by atoms with Crippen LogP contribution in [-0.4, -0.2) is 22.4 Å². The Balaban J connectivity index is 1.62. The number of benzene rings is 2. The number of nitrogens with one attached hydrogen (secondary N) is 1. The lowest BCUT2D eigenvalue weighted by molar-refractivity contribution is -0.132. The molecule has 1 aliphatic heterocycles. The van der Waals surface area contributed by atoms with Crippen LogP contribution in [0.25, 0.3) is 0 Å². The van der Waals surface area contributed by atoms with E-state index in [0.717, 1.165) is 28.7 Å². The summed E-state index contributed by atoms with van der Waals surface area (Å²) in [5, 5.41) is 3.00. The van der Waals surface area contributed by atoms with Gasteiger partial charge < -0.3 is 5.32 Å². The normalized spacial score (nSPS) is 22.2. The van der Waals surface area contributed by atoms with Crippen LogP contribution in [0.4, 0.5) is 4.79 Å². The van der Waals surface area contributed by atoms with Crippen molar-refractivity contribution in [2.75, 3.05) is 0 Å². The smallest absolute Gasteiger partial charge is 0.323 e. The van der Waals surface area contributed by atoms with Gasteiger partial charge in [0, 0.05) is 6.42 Å². The van der Waals surface area contributed by atoms with Crippen LogP contribution in [0.5, 0.6) is 0 Å². The number of urea groups is 1. The third-order valence-electron chi connectivity index (χ3n) is 5.51. The maximum absolute atomic E-state index is 13.1. The molecule has 0 saturated carbocycles. The number of rotatable bonds is 2. The number of amides is 3. The van der Waals surface area contributed by atoms with Crippen molar-refractivity contribution in [1.82, 2.24) is 10.2 Å². The number of aryl methyl sites for hydroxylation is 3. The molecule has 1 spiro atoms. The van der Waals surface area contributed by atoms with Gasteiger partial charge in [-0.2, -0.15) is 0 Å². The van der Waals surface area contributed by atoms with Gasteiger partial charge in [0.15, 0.2) is 0 Å². The van der Waals surface area contributed by atoms with Crippen LogP contribution in [0.2, 0.25) is 0 Å². The summed E-state index contributed by atoms with van der Waals surface area (Å²) in [5.74, 6) is -0.0899. The second-order valence-corrected chi connectivity index (χ2v) is 7.28. The molecule has 1 aliphatic carbocycles. The minimum absolute atomic E-state index is 0.0899. The molecule has 1 N–H and O–H groups in total. The fourth-order valence-corrected chi connectivity index (χ4v) is 3.99. The summed E-state index contributed by atoms with van der Waals surface area (Å²) in [5.41, 5.74) is 4.93. The van der Waals surface area contributed by atoms with E-state index in [1.54, 1.807) is 0 Å². The molecule has 1 atom stereocenters. The lowest BCUT2D eigenvalue weighted by Gasteiger charge is -2.32. The molecule has 0 radical (unpaired) electrons. The maximum atomic E-state index is 13.1. The average Bonchev–Trinajstić information content (AvgIpc) is 2.82. The SMILES string of the molecule is Cc1ccc(C)c(CN2C(=O)NC3(CCc4ccccc4C3)C2=O)c1. The maximum Gasteiger partial charge on any atom is 0.325 e. The number of hydrogen-bond donors (Lipinski definition) is 1. The predicted octanol–water partition coefficient (Wildman–Crippen LogP) is 3.28. The quantitative estimate of drug-likeness (QED) is 0.857. The zero-order valence-electron chi connectivity index (χ0n) is 14.6. The first kappa shape index (κ1) is 15.9. The molecule has 3 amide bonds. The highest BCUT2D eigenvalue weighted by Crippen LogP contribution is 2.34. The summed E-state index contributed by atoms with van der Waals surface area (Å²) in [7, 11) is 0. The van der Waals surface area contributed by atoms with Gasteiger partial charge in [0.1, 0.15) is 5.54 Å². The van der Waals surface area contributed by atoms with Crippen molar-refractivity contribution in [2.24, 2.45) is 0 Å². The van der Waals surface area contributed by atoms with Gasteiger partial charge >= 0.3 is 6.03 Å². The van der Waals surface area contributed by atoms with E-state index in [1.165, 1.54) is 10.5 Å². The Morgan fingerprint density at radius 2 is 1.84 bits per heavy atom. The van der Waals surface area contributed by atoms with Crippen LogP contribution in [0.15, 0.2) is 42.5 Å². The van der Waals surface area contributed by atoms with Gasteiger partial charge in [-0.1, -0.05) is 48.0 Å². The van der Waals surface area contributed by atoms with E-state index < -0.39 is 5.54 Å². The first-order chi connectivity index (χ1) is 12.0. The van der Waals surface area contributed by atoms with E-state index >= 15 is 0 Å². The lowest BCUT2D eigenvalue weighted by Crippen LogP contribution is -2.51. The molecule has 1 saturated heterocycles. The van der Waals surface area contributed by atoms with Gasteiger partial charge in [0.05, 0.1) is 6.54 Å². The van der Waals surface area contributed by atoms with Gasteiger partial charge in [0.25, 0.3) is 5.91 Å². The van der Waals surface area contributed by atoms with Crippen LogP contribution >= 0.6 is 0 Å². The van der Waals surface area contributed by atoms with Crippen molar-refractivity contribution in [3.8, 4) is 0 Å². The van der Waals surface area contributed by atoms with Crippen molar-refractivity contribution in [3.05, 3.63) is 70.3 Å². The number of fused-ring (bicyclic) bond motifs is 1. The Hall–Kier alpha value is -2.62. The zero-order valence-corrected chi connectivity index (χ0v) is 14.6. The fourth-order valence-electron chi connectivity index (χ4n) is 3.99. The molecule has 4 heteroatoms. The molecule has 1 unspecified atom stereocenters. The zero-order chi connectivity index (χ0) is 17.6. The third-order valence-corrected chi connectivity index (χ3v) is 5.51. The molecule has 128 valence electrons. The molecule has 4 nitrogen and oxygen atoms in total. The average molecular weight is 334 g/mol. The van der Waals surface area contributed by atoms with Gasteiger partial charge in [-0.3, -0.25) is 9.69 Å². The molecular weight excluding hydrogens is 312 g/mol. The van der Waals surface area contributed by atoms with Crippen LogP contribution in [-0.2, 0) is 24.2 Å². The second kappa shape index (κ2) is 5.73. The Morgan fingerprint density at radius 3 is 2.64 bits per heavy atom. The number of carbonyl (C=O) groups is 2. The van der Waals surface area contributed by atoms with Crippen LogP contribution < -0.4 is 5.32 Å². The van der Waals surface area contributed by atoms with Crippen LogP contribution in [0, 0.1) is 13.8 Å². The van der Waals surface area contributed by atoms with Crippen molar-refractivity contribution < 1.29 is 9.59 Å². The number of nitrogens with zero attached hydrogens (tertiary/aromatic N) is 1. The Morgan fingerprint density at radius 1 is 1.08 bits per heavy atom. The Kier molecular flexibility index (Phi) is 3.64. The molecule has 2 aromatic rings. The molecular formula is C21H22N2O2. The molecule has 25 heavy (non-hydrogen) atoms. The first-order valence-electron chi connectivity index (χ1n) is 8.75. The highest BCUT2D eigenvalue weighted by molar-refractivity contribution is 6.07. The Labute approximate surface area is 147 Å². The van der Waals surface area contributed by atoms with E-state index in [1.807, 2.05) is 38.1 Å². The predicted molar refractivity (Wildman–Crippen MR) is 96.2 cm³/mol. The van der Waals surface area contributed by atoms with E-state index in [2.05, 4.69) is 23.5 Å². The third kappa shape index (κ3) is 2.62. The summed E-state index contributed by atoms with van der Waals surface area (Å²) in [6.07, 6.45) is 2.06. The first-order valence-corrected chi connectivity index (χ1v) is 8.75. The van der Waals surface area contributed by atoms with Crippen LogP contribution in [0.3, 0.4) is 0 Å². The number of carbonyl (C=O) groups excluding carboxylic acids is 2. The lowest BCUT2D eigenvalue weighted by atomic mass is 9.78. The van der Waals surface area contributed by atoms with E-state index in [-0.39, 0.29) is 11.9 Å². The number of hydrogen-bond acceptors (Lipinski definition) is 2. The fraction of sp³-hybridized carbons (Fsp3) is 0.333. The Bertz CT molecular complexity index is 874. The molecule has 1 heterocycles. The molecule has 2 aliphatic rings. The molecule has 0 aromatic heterocycles. The largest absolute Gasteiger partial charge is 0.325 e. The van der Waals surface area contributed by atoms with Gasteiger partial charge in [-0.05, 0) is 48.9 Å². The molecule has 1 fully saturated rings. The summed E-state index contributed by atoms with van der Waals surface area (Å²) in [6.45, 7) is 4.37. The van der Waals surface area contributed by atoms with E-state index in [0.29, 0.717) is 19.4 Å². The van der Waals surface area contributed by atoms with E-state index in [4.69, 9.17) is 0 Å². The van der Waals surface area contributed by atoms with Gasteiger partial charge in [0.2, 0.25) is 0 Å². The second-order valence-electron chi connectivity index (χ2n) is 7.28. The molecule has 2 aromatic carbocycles. The highest BCUT2D eigenvalue weighted by Gasteiger charge is 2.52. The minimum atomic E-state index is -0.775. The topological polar surface area (TPSA) is 49.4 Å². The van der Waals surface area contributed by atoms with Crippen LogP contribution in [0.1, 0.15) is 34.2 Å². The standard InChI is InChI=1S/C21H22N2O2/c1-14-7-8-15(2)18(11-14)13-23-19(24)21(22-20(23)25)10-9-16-5-3-4-6-17(16)12-21/h3-8,11H,9-10,12-13H2,1-2H3,(H,22,25). The van der Waals surface area contributed by atoms with Crippen molar-refractivity contribution in [3.63, 3.8) is 0 Å². The van der Waals surface area contributed by atoms with Crippen molar-refractivity contribution in [2.45, 2.75) is 45.2 Å².